The monoisotopic (exact) mass is 299 g/mol. The second-order valence-corrected chi connectivity index (χ2v) is 7.91. The van der Waals surface area contributed by atoms with Gasteiger partial charge in [-0.3, -0.25) is 9.59 Å². The van der Waals surface area contributed by atoms with Gasteiger partial charge in [-0.25, -0.2) is 0 Å². The predicted molar refractivity (Wildman–Crippen MR) is 87.0 cm³/mol. The van der Waals surface area contributed by atoms with Gasteiger partial charge >= 0.3 is 0 Å². The first-order valence-corrected chi connectivity index (χ1v) is 7.69. The second kappa shape index (κ2) is 7.78. The van der Waals surface area contributed by atoms with Gasteiger partial charge in [0.1, 0.15) is 0 Å². The number of nitrogens with one attached hydrogen (secondary N) is 3. The average molecular weight is 299 g/mol. The fourth-order valence-corrected chi connectivity index (χ4v) is 1.74. The summed E-state index contributed by atoms with van der Waals surface area (Å²) in [6.45, 7) is 16.0. The highest BCUT2D eigenvalue weighted by Crippen LogP contribution is 2.12. The van der Waals surface area contributed by atoms with E-state index in [0.717, 1.165) is 0 Å². The van der Waals surface area contributed by atoms with E-state index in [-0.39, 0.29) is 29.4 Å². The van der Waals surface area contributed by atoms with Gasteiger partial charge in [-0.1, -0.05) is 34.6 Å². The van der Waals surface area contributed by atoms with E-state index in [1.165, 1.54) is 0 Å². The summed E-state index contributed by atoms with van der Waals surface area (Å²) in [4.78, 5) is 24.1. The minimum absolute atomic E-state index is 0.00188. The minimum Gasteiger partial charge on any atom is -0.356 e. The largest absolute Gasteiger partial charge is 0.356 e. The van der Waals surface area contributed by atoms with Crippen molar-refractivity contribution in [1.29, 1.82) is 0 Å². The number of hydrogen-bond donors (Lipinski definition) is 3. The van der Waals surface area contributed by atoms with E-state index in [1.54, 1.807) is 0 Å². The molecule has 0 aliphatic carbocycles. The molecule has 0 fully saturated rings. The first kappa shape index (κ1) is 19.9. The molecule has 124 valence electrons. The third-order valence-electron chi connectivity index (χ3n) is 2.75. The Kier molecular flexibility index (Phi) is 7.37. The summed E-state index contributed by atoms with van der Waals surface area (Å²) < 4.78 is 0. The summed E-state index contributed by atoms with van der Waals surface area (Å²) in [7, 11) is 0. The first-order valence-electron chi connectivity index (χ1n) is 7.69. The molecular formula is C16H33N3O2. The zero-order chi connectivity index (χ0) is 16.8. The standard InChI is InChI=1S/C16H33N3O2/c1-11(2)18-12(13(20)19-16(6,7)8)9-10-17-14(21)15(3,4)5/h11-12,18H,9-10H2,1-8H3,(H,17,21)(H,19,20). The van der Waals surface area contributed by atoms with Crippen molar-refractivity contribution in [2.45, 2.75) is 79.4 Å². The van der Waals surface area contributed by atoms with E-state index in [2.05, 4.69) is 16.0 Å². The molecule has 21 heavy (non-hydrogen) atoms. The van der Waals surface area contributed by atoms with Crippen molar-refractivity contribution in [1.82, 2.24) is 16.0 Å². The molecule has 0 saturated heterocycles. The van der Waals surface area contributed by atoms with Crippen molar-refractivity contribution in [3.8, 4) is 0 Å². The highest BCUT2D eigenvalue weighted by atomic mass is 16.2. The van der Waals surface area contributed by atoms with Crippen molar-refractivity contribution in [2.75, 3.05) is 6.54 Å². The van der Waals surface area contributed by atoms with Crippen LogP contribution in [0, 0.1) is 5.41 Å². The lowest BCUT2D eigenvalue weighted by molar-refractivity contribution is -0.129. The molecule has 0 radical (unpaired) electrons. The molecule has 0 aliphatic rings. The molecule has 0 aromatic heterocycles. The van der Waals surface area contributed by atoms with Gasteiger partial charge in [0.25, 0.3) is 0 Å². The van der Waals surface area contributed by atoms with Gasteiger partial charge in [-0.15, -0.1) is 0 Å². The molecular weight excluding hydrogens is 266 g/mol. The topological polar surface area (TPSA) is 70.2 Å². The molecule has 0 spiro atoms. The third kappa shape index (κ3) is 9.45. The number of carbonyl (C=O) groups excluding carboxylic acids is 2. The maximum Gasteiger partial charge on any atom is 0.237 e. The lowest BCUT2D eigenvalue weighted by Gasteiger charge is -2.27. The summed E-state index contributed by atoms with van der Waals surface area (Å²) in [6, 6.07) is -0.0940. The summed E-state index contributed by atoms with van der Waals surface area (Å²) in [5, 5.41) is 9.12. The highest BCUT2D eigenvalue weighted by Gasteiger charge is 2.25. The molecule has 5 nitrogen and oxygen atoms in total. The first-order chi connectivity index (χ1) is 9.33. The highest BCUT2D eigenvalue weighted by molar-refractivity contribution is 5.83. The fraction of sp³-hybridized carbons (Fsp3) is 0.875. The van der Waals surface area contributed by atoms with Gasteiger partial charge in [-0.05, 0) is 27.2 Å². The lowest BCUT2D eigenvalue weighted by atomic mass is 9.95. The molecule has 0 aromatic carbocycles. The van der Waals surface area contributed by atoms with Crippen LogP contribution in [0.5, 0.6) is 0 Å². The van der Waals surface area contributed by atoms with Crippen molar-refractivity contribution in [2.24, 2.45) is 5.41 Å². The maximum absolute atomic E-state index is 12.3. The summed E-state index contributed by atoms with van der Waals surface area (Å²) in [5.74, 6) is -0.0248. The van der Waals surface area contributed by atoms with Crippen LogP contribution in [-0.4, -0.2) is 36.0 Å². The van der Waals surface area contributed by atoms with Gasteiger partial charge in [-0.2, -0.15) is 0 Å². The summed E-state index contributed by atoms with van der Waals surface area (Å²) in [5.41, 5.74) is -0.669. The van der Waals surface area contributed by atoms with Gasteiger partial charge in [0.15, 0.2) is 0 Å². The molecule has 0 heterocycles. The van der Waals surface area contributed by atoms with Crippen LogP contribution >= 0.6 is 0 Å². The smallest absolute Gasteiger partial charge is 0.237 e. The van der Waals surface area contributed by atoms with Crippen LogP contribution in [0.15, 0.2) is 0 Å². The van der Waals surface area contributed by atoms with Gasteiger partial charge in [0, 0.05) is 23.5 Å². The van der Waals surface area contributed by atoms with Crippen LogP contribution in [-0.2, 0) is 9.59 Å². The van der Waals surface area contributed by atoms with Crippen molar-refractivity contribution in [3.05, 3.63) is 0 Å². The minimum atomic E-state index is -0.408. The summed E-state index contributed by atoms with van der Waals surface area (Å²) in [6.07, 6.45) is 0.571. The Hall–Kier alpha value is -1.10. The van der Waals surface area contributed by atoms with Crippen LogP contribution < -0.4 is 16.0 Å². The fourth-order valence-electron chi connectivity index (χ4n) is 1.74. The number of rotatable bonds is 6. The molecule has 0 aromatic rings. The zero-order valence-electron chi connectivity index (χ0n) is 14.9. The molecule has 0 rings (SSSR count). The molecule has 0 saturated carbocycles. The molecule has 2 amide bonds. The van der Waals surface area contributed by atoms with Crippen molar-refractivity contribution in [3.63, 3.8) is 0 Å². The van der Waals surface area contributed by atoms with Gasteiger partial charge in [0.05, 0.1) is 6.04 Å². The molecule has 0 aliphatic heterocycles. The summed E-state index contributed by atoms with van der Waals surface area (Å²) >= 11 is 0. The Morgan fingerprint density at radius 1 is 1.00 bits per heavy atom. The van der Waals surface area contributed by atoms with Crippen LogP contribution in [0.3, 0.4) is 0 Å². The Balaban J connectivity index is 4.51. The van der Waals surface area contributed by atoms with Crippen molar-refractivity contribution >= 4 is 11.8 Å². The Labute approximate surface area is 129 Å². The maximum atomic E-state index is 12.3. The Morgan fingerprint density at radius 2 is 1.52 bits per heavy atom. The van der Waals surface area contributed by atoms with Gasteiger partial charge < -0.3 is 16.0 Å². The van der Waals surface area contributed by atoms with E-state index in [9.17, 15) is 9.59 Å². The van der Waals surface area contributed by atoms with Crippen LogP contribution in [0.1, 0.15) is 61.8 Å². The molecule has 1 unspecified atom stereocenters. The van der Waals surface area contributed by atoms with E-state index in [1.807, 2.05) is 55.4 Å². The van der Waals surface area contributed by atoms with E-state index >= 15 is 0 Å². The SMILES string of the molecule is CC(C)NC(CCNC(=O)C(C)(C)C)C(=O)NC(C)(C)C. The molecule has 5 heteroatoms. The van der Waals surface area contributed by atoms with E-state index in [0.29, 0.717) is 13.0 Å². The van der Waals surface area contributed by atoms with E-state index in [4.69, 9.17) is 0 Å². The number of amides is 2. The second-order valence-electron chi connectivity index (χ2n) is 7.91. The normalized spacial score (nSPS) is 14.0. The van der Waals surface area contributed by atoms with Crippen LogP contribution in [0.2, 0.25) is 0 Å². The molecule has 0 bridgehead atoms. The lowest BCUT2D eigenvalue weighted by Crippen LogP contribution is -2.53. The zero-order valence-corrected chi connectivity index (χ0v) is 14.9. The third-order valence-corrected chi connectivity index (χ3v) is 2.75. The Bertz CT molecular complexity index is 352. The number of carbonyl (C=O) groups is 2. The van der Waals surface area contributed by atoms with Gasteiger partial charge in [0.2, 0.25) is 11.8 Å². The van der Waals surface area contributed by atoms with Crippen molar-refractivity contribution < 1.29 is 9.59 Å². The Morgan fingerprint density at radius 3 is 1.90 bits per heavy atom. The molecule has 3 N–H and O–H groups in total. The average Bonchev–Trinajstić information content (AvgIpc) is 2.23. The number of hydrogen-bond acceptors (Lipinski definition) is 3. The molecule has 1 atom stereocenters. The van der Waals surface area contributed by atoms with Crippen LogP contribution in [0.4, 0.5) is 0 Å². The van der Waals surface area contributed by atoms with Crippen LogP contribution in [0.25, 0.3) is 0 Å². The quantitative estimate of drug-likeness (QED) is 0.700. The predicted octanol–water partition coefficient (Wildman–Crippen LogP) is 1.82. The van der Waals surface area contributed by atoms with E-state index < -0.39 is 5.41 Å².